The standard InChI is InChI=1S/C14H34O4Si2/c1-7-11-15-19(5,6)20(16-12-8-2,17-13-9-3)18-14-10-4/h7-14H2,1-6H3. The molecule has 122 valence electrons. The van der Waals surface area contributed by atoms with Crippen LogP contribution in [-0.4, -0.2) is 42.6 Å². The van der Waals surface area contributed by atoms with Crippen LogP contribution in [0.1, 0.15) is 53.4 Å². The van der Waals surface area contributed by atoms with Crippen molar-refractivity contribution in [1.29, 1.82) is 0 Å². The molecule has 0 rings (SSSR count). The Hall–Kier alpha value is 0.274. The average Bonchev–Trinajstić information content (AvgIpc) is 2.44. The minimum absolute atomic E-state index is 0.686. The molecule has 0 unspecified atom stereocenters. The van der Waals surface area contributed by atoms with Crippen LogP contribution in [0.25, 0.3) is 0 Å². The van der Waals surface area contributed by atoms with Crippen molar-refractivity contribution in [3.05, 3.63) is 0 Å². The first-order chi connectivity index (χ1) is 9.49. The minimum Gasteiger partial charge on any atom is -0.411 e. The molecule has 0 aliphatic carbocycles. The highest BCUT2D eigenvalue weighted by atomic mass is 29.3. The molecule has 0 radical (unpaired) electrons. The summed E-state index contributed by atoms with van der Waals surface area (Å²) in [6.07, 6.45) is 3.92. The summed E-state index contributed by atoms with van der Waals surface area (Å²) in [7, 11) is -4.85. The maximum Gasteiger partial charge on any atom is 0.503 e. The van der Waals surface area contributed by atoms with Crippen molar-refractivity contribution in [1.82, 2.24) is 0 Å². The third kappa shape index (κ3) is 6.36. The molecule has 0 aliphatic rings. The lowest BCUT2D eigenvalue weighted by atomic mass is 10.5. The molecule has 0 aromatic carbocycles. The van der Waals surface area contributed by atoms with E-state index in [1.54, 1.807) is 0 Å². The summed E-state index contributed by atoms with van der Waals surface area (Å²) in [6.45, 7) is 15.6. The molecule has 0 N–H and O–H groups in total. The zero-order valence-electron chi connectivity index (χ0n) is 14.3. The quantitative estimate of drug-likeness (QED) is 0.482. The van der Waals surface area contributed by atoms with Crippen LogP contribution in [0.5, 0.6) is 0 Å². The van der Waals surface area contributed by atoms with E-state index in [1.165, 1.54) is 0 Å². The summed E-state index contributed by atoms with van der Waals surface area (Å²) in [4.78, 5) is 0. The van der Waals surface area contributed by atoms with Gasteiger partial charge in [0.05, 0.1) is 0 Å². The first-order valence-electron chi connectivity index (χ1n) is 8.05. The number of hydrogen-bond donors (Lipinski definition) is 0. The predicted octanol–water partition coefficient (Wildman–Crippen LogP) is 3.92. The fourth-order valence-electron chi connectivity index (χ4n) is 1.80. The van der Waals surface area contributed by atoms with E-state index in [4.69, 9.17) is 17.7 Å². The highest BCUT2D eigenvalue weighted by Crippen LogP contribution is 2.26. The summed E-state index contributed by atoms with van der Waals surface area (Å²) in [6, 6.07) is 0. The summed E-state index contributed by atoms with van der Waals surface area (Å²) in [5.41, 5.74) is 0. The SMILES string of the molecule is CCCO[Si](C)(C)[Si](OCCC)(OCCC)OCCC. The third-order valence-electron chi connectivity index (χ3n) is 2.89. The maximum absolute atomic E-state index is 6.18. The van der Waals surface area contributed by atoms with Crippen molar-refractivity contribution < 1.29 is 17.7 Å². The normalized spacial score (nSPS) is 12.9. The maximum atomic E-state index is 6.18. The lowest BCUT2D eigenvalue weighted by Gasteiger charge is -2.39. The number of rotatable bonds is 13. The Morgan fingerprint density at radius 1 is 0.550 bits per heavy atom. The molecular formula is C14H34O4Si2. The Morgan fingerprint density at radius 2 is 0.850 bits per heavy atom. The Kier molecular flexibility index (Phi) is 11.1. The summed E-state index contributed by atoms with van der Waals surface area (Å²) >= 11 is 0. The van der Waals surface area contributed by atoms with E-state index in [0.717, 1.165) is 32.3 Å². The molecule has 0 aromatic heterocycles. The Labute approximate surface area is 127 Å². The van der Waals surface area contributed by atoms with E-state index in [9.17, 15) is 0 Å². The molecular weight excluding hydrogens is 288 g/mol. The van der Waals surface area contributed by atoms with Crippen molar-refractivity contribution in [2.24, 2.45) is 0 Å². The van der Waals surface area contributed by atoms with Crippen molar-refractivity contribution >= 4 is 16.2 Å². The van der Waals surface area contributed by atoms with E-state index in [2.05, 4.69) is 40.8 Å². The van der Waals surface area contributed by atoms with Gasteiger partial charge in [-0.05, 0) is 38.8 Å². The largest absolute Gasteiger partial charge is 0.503 e. The fourth-order valence-corrected chi connectivity index (χ4v) is 10.3. The highest BCUT2D eigenvalue weighted by Gasteiger charge is 2.59. The molecule has 0 amide bonds. The van der Waals surface area contributed by atoms with Crippen LogP contribution in [0.2, 0.25) is 13.1 Å². The first kappa shape index (κ1) is 20.3. The first-order valence-corrected chi connectivity index (χ1v) is 13.7. The lowest BCUT2D eigenvalue weighted by molar-refractivity contribution is 0.0703. The summed E-state index contributed by atoms with van der Waals surface area (Å²) in [5, 5.41) is 0. The van der Waals surface area contributed by atoms with Gasteiger partial charge in [-0.3, -0.25) is 0 Å². The molecule has 4 nitrogen and oxygen atoms in total. The third-order valence-corrected chi connectivity index (χ3v) is 13.2. The summed E-state index contributed by atoms with van der Waals surface area (Å²) in [5.74, 6) is 0. The van der Waals surface area contributed by atoms with Crippen LogP contribution in [0, 0.1) is 0 Å². The van der Waals surface area contributed by atoms with Crippen molar-refractivity contribution in [3.8, 4) is 0 Å². The molecule has 6 heteroatoms. The van der Waals surface area contributed by atoms with Gasteiger partial charge in [-0.2, -0.15) is 0 Å². The van der Waals surface area contributed by atoms with Crippen LogP contribution >= 0.6 is 0 Å². The van der Waals surface area contributed by atoms with Gasteiger partial charge in [-0.15, -0.1) is 0 Å². The van der Waals surface area contributed by atoms with Gasteiger partial charge in [0.25, 0.3) is 7.83 Å². The zero-order valence-corrected chi connectivity index (χ0v) is 16.3. The van der Waals surface area contributed by atoms with Gasteiger partial charge in [0.2, 0.25) is 0 Å². The predicted molar refractivity (Wildman–Crippen MR) is 88.2 cm³/mol. The van der Waals surface area contributed by atoms with Crippen molar-refractivity contribution in [2.45, 2.75) is 66.5 Å². The Morgan fingerprint density at radius 3 is 1.15 bits per heavy atom. The van der Waals surface area contributed by atoms with Gasteiger partial charge < -0.3 is 17.7 Å². The molecule has 0 heterocycles. The van der Waals surface area contributed by atoms with E-state index < -0.39 is 16.2 Å². The molecule has 0 aromatic rings. The smallest absolute Gasteiger partial charge is 0.411 e. The molecule has 0 aliphatic heterocycles. The lowest BCUT2D eigenvalue weighted by Crippen LogP contribution is -2.67. The molecule has 0 bridgehead atoms. The van der Waals surface area contributed by atoms with Gasteiger partial charge in [-0.25, -0.2) is 0 Å². The van der Waals surface area contributed by atoms with E-state index >= 15 is 0 Å². The van der Waals surface area contributed by atoms with Crippen LogP contribution in [-0.2, 0) is 17.7 Å². The van der Waals surface area contributed by atoms with Gasteiger partial charge in [-0.1, -0.05) is 27.7 Å². The Bertz CT molecular complexity index is 215. The molecule has 0 fully saturated rings. The second-order valence-electron chi connectivity index (χ2n) is 5.46. The molecule has 0 spiro atoms. The molecule has 0 atom stereocenters. The topological polar surface area (TPSA) is 36.9 Å². The van der Waals surface area contributed by atoms with Gasteiger partial charge >= 0.3 is 8.32 Å². The second-order valence-corrected chi connectivity index (χ2v) is 16.2. The summed E-state index contributed by atoms with van der Waals surface area (Å²) < 4.78 is 24.7. The van der Waals surface area contributed by atoms with E-state index in [-0.39, 0.29) is 0 Å². The Balaban J connectivity index is 5.08. The van der Waals surface area contributed by atoms with Crippen LogP contribution < -0.4 is 0 Å². The van der Waals surface area contributed by atoms with Crippen LogP contribution in [0.15, 0.2) is 0 Å². The monoisotopic (exact) mass is 322 g/mol. The van der Waals surface area contributed by atoms with Crippen molar-refractivity contribution in [2.75, 3.05) is 26.4 Å². The zero-order chi connectivity index (χ0) is 15.5. The van der Waals surface area contributed by atoms with Crippen molar-refractivity contribution in [3.63, 3.8) is 0 Å². The van der Waals surface area contributed by atoms with Gasteiger partial charge in [0.15, 0.2) is 0 Å². The fraction of sp³-hybridized carbons (Fsp3) is 1.00. The van der Waals surface area contributed by atoms with Crippen LogP contribution in [0.4, 0.5) is 0 Å². The molecule has 0 saturated carbocycles. The second kappa shape index (κ2) is 10.9. The minimum atomic E-state index is -2.71. The van der Waals surface area contributed by atoms with E-state index in [0.29, 0.717) is 19.8 Å². The average molecular weight is 323 g/mol. The molecule has 20 heavy (non-hydrogen) atoms. The number of hydrogen-bond acceptors (Lipinski definition) is 4. The molecule has 0 saturated heterocycles. The highest BCUT2D eigenvalue weighted by molar-refractivity contribution is 7.31. The van der Waals surface area contributed by atoms with Crippen LogP contribution in [0.3, 0.4) is 0 Å². The van der Waals surface area contributed by atoms with Gasteiger partial charge in [0, 0.05) is 26.4 Å². The van der Waals surface area contributed by atoms with Gasteiger partial charge in [0.1, 0.15) is 0 Å². The van der Waals surface area contributed by atoms with E-state index in [1.807, 2.05) is 0 Å².